The molecule has 3 atom stereocenters. The van der Waals surface area contributed by atoms with Gasteiger partial charge < -0.3 is 5.32 Å². The zero-order valence-corrected chi connectivity index (χ0v) is 7.48. The van der Waals surface area contributed by atoms with Crippen LogP contribution >= 0.6 is 0 Å². The molecule has 2 saturated carbocycles. The highest BCUT2D eigenvalue weighted by molar-refractivity contribution is 5.28. The van der Waals surface area contributed by atoms with E-state index in [9.17, 15) is 0 Å². The lowest BCUT2D eigenvalue weighted by molar-refractivity contribution is -0.0765. The molecule has 1 N–H and O–H groups in total. The van der Waals surface area contributed by atoms with Crippen LogP contribution in [0.1, 0.15) is 39.5 Å². The SMILES string of the molecule is CC1NC12CC1(CCC1)C2C. The molecule has 1 heteroatoms. The maximum Gasteiger partial charge on any atom is 0.0371 e. The Balaban J connectivity index is 1.80. The topological polar surface area (TPSA) is 21.9 Å². The predicted octanol–water partition coefficient (Wildman–Crippen LogP) is 1.93. The lowest BCUT2D eigenvalue weighted by atomic mass is 9.44. The van der Waals surface area contributed by atoms with Gasteiger partial charge in [0.2, 0.25) is 0 Å². The smallest absolute Gasteiger partial charge is 0.0371 e. The van der Waals surface area contributed by atoms with Crippen molar-refractivity contribution in [2.75, 3.05) is 0 Å². The summed E-state index contributed by atoms with van der Waals surface area (Å²) in [6.07, 6.45) is 6.02. The molecule has 0 radical (unpaired) electrons. The summed E-state index contributed by atoms with van der Waals surface area (Å²) in [6, 6.07) is 0.823. The molecule has 3 fully saturated rings. The van der Waals surface area contributed by atoms with Crippen molar-refractivity contribution in [1.29, 1.82) is 0 Å². The number of hydrogen-bond acceptors (Lipinski definition) is 1. The van der Waals surface area contributed by atoms with Crippen LogP contribution in [0.3, 0.4) is 0 Å². The van der Waals surface area contributed by atoms with Crippen molar-refractivity contribution in [3.63, 3.8) is 0 Å². The Hall–Kier alpha value is -0.0400. The van der Waals surface area contributed by atoms with Gasteiger partial charge in [-0.2, -0.15) is 0 Å². The van der Waals surface area contributed by atoms with E-state index in [1.54, 1.807) is 0 Å². The largest absolute Gasteiger partial charge is 0.305 e. The van der Waals surface area contributed by atoms with Crippen LogP contribution in [0.4, 0.5) is 0 Å². The highest BCUT2D eigenvalue weighted by Crippen LogP contribution is 2.68. The van der Waals surface area contributed by atoms with Gasteiger partial charge in [-0.3, -0.25) is 0 Å². The first kappa shape index (κ1) is 6.47. The third kappa shape index (κ3) is 0.516. The van der Waals surface area contributed by atoms with Crippen molar-refractivity contribution in [3.05, 3.63) is 0 Å². The van der Waals surface area contributed by atoms with Gasteiger partial charge in [0.05, 0.1) is 0 Å². The average Bonchev–Trinajstić information content (AvgIpc) is 2.54. The monoisotopic (exact) mass is 151 g/mol. The van der Waals surface area contributed by atoms with Gasteiger partial charge in [-0.25, -0.2) is 0 Å². The van der Waals surface area contributed by atoms with Crippen molar-refractivity contribution < 1.29 is 0 Å². The first-order valence-electron chi connectivity index (χ1n) is 4.97. The summed E-state index contributed by atoms with van der Waals surface area (Å²) in [6.45, 7) is 4.79. The molecule has 62 valence electrons. The van der Waals surface area contributed by atoms with Crippen molar-refractivity contribution in [3.8, 4) is 0 Å². The third-order valence-electron chi connectivity index (χ3n) is 4.86. The Bertz CT molecular complexity index is 197. The van der Waals surface area contributed by atoms with Gasteiger partial charge in [0.1, 0.15) is 0 Å². The second kappa shape index (κ2) is 1.52. The zero-order chi connectivity index (χ0) is 7.69. The van der Waals surface area contributed by atoms with E-state index in [1.807, 2.05) is 0 Å². The van der Waals surface area contributed by atoms with E-state index in [1.165, 1.54) is 25.7 Å². The zero-order valence-electron chi connectivity index (χ0n) is 7.48. The minimum Gasteiger partial charge on any atom is -0.305 e. The Labute approximate surface area is 68.6 Å². The summed E-state index contributed by atoms with van der Waals surface area (Å²) in [5.74, 6) is 0.971. The normalized spacial score (nSPS) is 57.3. The Kier molecular flexibility index (Phi) is 0.893. The maximum absolute atomic E-state index is 3.62. The second-order valence-electron chi connectivity index (χ2n) is 5.02. The minimum absolute atomic E-state index is 0.625. The number of rotatable bonds is 0. The summed E-state index contributed by atoms with van der Waals surface area (Å²) >= 11 is 0. The van der Waals surface area contributed by atoms with E-state index in [-0.39, 0.29) is 0 Å². The van der Waals surface area contributed by atoms with Crippen LogP contribution < -0.4 is 5.32 Å². The van der Waals surface area contributed by atoms with Gasteiger partial charge >= 0.3 is 0 Å². The minimum atomic E-state index is 0.625. The van der Waals surface area contributed by atoms with Crippen molar-refractivity contribution in [2.24, 2.45) is 11.3 Å². The fraction of sp³-hybridized carbons (Fsp3) is 1.00. The molecule has 0 aromatic rings. The fourth-order valence-corrected chi connectivity index (χ4v) is 3.61. The van der Waals surface area contributed by atoms with Crippen LogP contribution in [0.5, 0.6) is 0 Å². The molecule has 0 aromatic heterocycles. The molecule has 0 aromatic carbocycles. The Morgan fingerprint density at radius 3 is 2.18 bits per heavy atom. The quantitative estimate of drug-likeness (QED) is 0.525. The fourth-order valence-electron chi connectivity index (χ4n) is 3.61. The lowest BCUT2D eigenvalue weighted by Gasteiger charge is -2.60. The van der Waals surface area contributed by atoms with Crippen LogP contribution in [0, 0.1) is 11.3 Å². The predicted molar refractivity (Wildman–Crippen MR) is 45.4 cm³/mol. The highest BCUT2D eigenvalue weighted by atomic mass is 15.2. The van der Waals surface area contributed by atoms with Gasteiger partial charge in [0, 0.05) is 11.6 Å². The van der Waals surface area contributed by atoms with E-state index in [4.69, 9.17) is 0 Å². The van der Waals surface area contributed by atoms with Crippen LogP contribution in [-0.2, 0) is 0 Å². The van der Waals surface area contributed by atoms with Gasteiger partial charge in [-0.15, -0.1) is 0 Å². The molecule has 1 heterocycles. The molecule has 3 unspecified atom stereocenters. The first-order chi connectivity index (χ1) is 5.20. The van der Waals surface area contributed by atoms with Crippen LogP contribution in [-0.4, -0.2) is 11.6 Å². The average molecular weight is 151 g/mol. The van der Waals surface area contributed by atoms with Crippen LogP contribution in [0.25, 0.3) is 0 Å². The van der Waals surface area contributed by atoms with E-state index < -0.39 is 0 Å². The van der Waals surface area contributed by atoms with E-state index >= 15 is 0 Å². The van der Waals surface area contributed by atoms with Crippen LogP contribution in [0.15, 0.2) is 0 Å². The molecular weight excluding hydrogens is 134 g/mol. The second-order valence-corrected chi connectivity index (χ2v) is 5.02. The van der Waals surface area contributed by atoms with E-state index in [0.717, 1.165) is 17.4 Å². The summed E-state index contributed by atoms with van der Waals surface area (Å²) in [7, 11) is 0. The molecule has 2 spiro atoms. The Morgan fingerprint density at radius 2 is 1.91 bits per heavy atom. The Morgan fingerprint density at radius 1 is 1.27 bits per heavy atom. The molecule has 2 aliphatic carbocycles. The molecule has 1 aliphatic heterocycles. The summed E-state index contributed by atoms with van der Waals surface area (Å²) < 4.78 is 0. The first-order valence-corrected chi connectivity index (χ1v) is 4.97. The maximum atomic E-state index is 3.62. The van der Waals surface area contributed by atoms with Gasteiger partial charge in [-0.05, 0) is 37.5 Å². The molecule has 1 nitrogen and oxygen atoms in total. The van der Waals surface area contributed by atoms with Crippen molar-refractivity contribution in [2.45, 2.75) is 51.1 Å². The lowest BCUT2D eigenvalue weighted by Crippen LogP contribution is -2.58. The summed E-state index contributed by atoms with van der Waals surface area (Å²) in [5, 5.41) is 3.62. The molecule has 3 aliphatic rings. The highest BCUT2D eigenvalue weighted by Gasteiger charge is 2.71. The number of nitrogens with one attached hydrogen (secondary N) is 1. The standard InChI is InChI=1S/C10H17N/c1-7-9(4-3-5-9)6-10(7)8(2)11-10/h7-8,11H,3-6H2,1-2H3. The molecule has 3 rings (SSSR count). The summed E-state index contributed by atoms with van der Waals surface area (Å²) in [4.78, 5) is 0. The van der Waals surface area contributed by atoms with Gasteiger partial charge in [0.15, 0.2) is 0 Å². The van der Waals surface area contributed by atoms with Crippen LogP contribution in [0.2, 0.25) is 0 Å². The van der Waals surface area contributed by atoms with Crippen molar-refractivity contribution >= 4 is 0 Å². The van der Waals surface area contributed by atoms with Crippen molar-refractivity contribution in [1.82, 2.24) is 5.32 Å². The summed E-state index contributed by atoms with van der Waals surface area (Å²) in [5.41, 5.74) is 1.44. The molecule has 11 heavy (non-hydrogen) atoms. The third-order valence-corrected chi connectivity index (χ3v) is 4.86. The molecule has 1 saturated heterocycles. The number of hydrogen-bond donors (Lipinski definition) is 1. The van der Waals surface area contributed by atoms with Gasteiger partial charge in [0.25, 0.3) is 0 Å². The van der Waals surface area contributed by atoms with E-state index in [0.29, 0.717) is 5.54 Å². The van der Waals surface area contributed by atoms with Gasteiger partial charge in [-0.1, -0.05) is 13.3 Å². The van der Waals surface area contributed by atoms with E-state index in [2.05, 4.69) is 19.2 Å². The molecule has 0 bridgehead atoms. The molecular formula is C10H17N. The molecule has 0 amide bonds.